The molecule has 1 aliphatic heterocycles. The molecule has 1 heterocycles. The first-order valence-electron chi connectivity index (χ1n) is 4.22. The van der Waals surface area contributed by atoms with Crippen LogP contribution in [0.25, 0.3) is 10.8 Å². The van der Waals surface area contributed by atoms with Crippen molar-refractivity contribution in [2.24, 2.45) is 0 Å². The summed E-state index contributed by atoms with van der Waals surface area (Å²) >= 11 is 3.91. The molecule has 0 saturated carbocycles. The summed E-state index contributed by atoms with van der Waals surface area (Å²) in [4.78, 5) is 2.92. The number of benzene rings is 2. The lowest BCUT2D eigenvalue weighted by Gasteiger charge is -2.02. The topological polar surface area (TPSA) is 0 Å². The van der Waals surface area contributed by atoms with E-state index in [4.69, 9.17) is 0 Å². The highest BCUT2D eigenvalue weighted by Crippen LogP contribution is 2.45. The molecule has 2 aromatic rings. The van der Waals surface area contributed by atoms with E-state index in [2.05, 4.69) is 36.4 Å². The summed E-state index contributed by atoms with van der Waals surface area (Å²) in [7, 11) is 0. The number of hydrogen-bond acceptors (Lipinski definition) is 2. The fourth-order valence-corrected chi connectivity index (χ4v) is 4.16. The fourth-order valence-electron chi connectivity index (χ4n) is 1.64. The smallest absolute Gasteiger partial charge is 0.0487 e. The second kappa shape index (κ2) is 2.96. The Hall–Kier alpha value is -0.600. The summed E-state index contributed by atoms with van der Waals surface area (Å²) in [6.45, 7) is 0. The van der Waals surface area contributed by atoms with Gasteiger partial charge in [-0.15, -0.1) is 23.5 Å². The lowest BCUT2D eigenvalue weighted by atomic mass is 10.1. The van der Waals surface area contributed by atoms with E-state index in [1.54, 1.807) is 0 Å². The Morgan fingerprint density at radius 2 is 1.85 bits per heavy atom. The predicted octanol–water partition coefficient (Wildman–Crippen LogP) is 4.00. The largest absolute Gasteiger partial charge is 0.114 e. The summed E-state index contributed by atoms with van der Waals surface area (Å²) in [5.74, 6) is 0. The van der Waals surface area contributed by atoms with Gasteiger partial charge in [-0.2, -0.15) is 0 Å². The van der Waals surface area contributed by atoms with Crippen molar-refractivity contribution in [1.29, 1.82) is 0 Å². The van der Waals surface area contributed by atoms with Crippen molar-refractivity contribution in [1.82, 2.24) is 0 Å². The summed E-state index contributed by atoms with van der Waals surface area (Å²) in [5, 5.41) is 3.94. The van der Waals surface area contributed by atoms with Crippen LogP contribution < -0.4 is 0 Å². The first-order valence-corrected chi connectivity index (χ1v) is 6.19. The third-order valence-corrected chi connectivity index (χ3v) is 4.71. The molecule has 2 heteroatoms. The van der Waals surface area contributed by atoms with Gasteiger partial charge in [-0.3, -0.25) is 0 Å². The van der Waals surface area contributed by atoms with Gasteiger partial charge in [0.05, 0.1) is 0 Å². The molecule has 0 aromatic heterocycles. The van der Waals surface area contributed by atoms with E-state index in [1.165, 1.54) is 25.6 Å². The van der Waals surface area contributed by atoms with E-state index >= 15 is 0 Å². The molecule has 3 rings (SSSR count). The maximum Gasteiger partial charge on any atom is 0.0487 e. The van der Waals surface area contributed by atoms with Crippen molar-refractivity contribution in [3.05, 3.63) is 36.4 Å². The number of hydrogen-bond donors (Lipinski definition) is 0. The zero-order valence-electron chi connectivity index (χ0n) is 6.99. The van der Waals surface area contributed by atoms with Crippen LogP contribution in [0.4, 0.5) is 0 Å². The van der Waals surface area contributed by atoms with Crippen LogP contribution in [0.3, 0.4) is 0 Å². The van der Waals surface area contributed by atoms with Gasteiger partial charge in [0.2, 0.25) is 0 Å². The van der Waals surface area contributed by atoms with Gasteiger partial charge in [-0.25, -0.2) is 0 Å². The van der Waals surface area contributed by atoms with Crippen LogP contribution in [0.1, 0.15) is 0 Å². The van der Waals surface area contributed by atoms with Crippen molar-refractivity contribution in [3.8, 4) is 0 Å². The Kier molecular flexibility index (Phi) is 1.77. The Morgan fingerprint density at radius 1 is 0.923 bits per heavy atom. The van der Waals surface area contributed by atoms with Crippen molar-refractivity contribution >= 4 is 34.3 Å². The lowest BCUT2D eigenvalue weighted by molar-refractivity contribution is 1.32. The summed E-state index contributed by atoms with van der Waals surface area (Å²) in [5.41, 5.74) is 0. The zero-order chi connectivity index (χ0) is 8.67. The third-order valence-electron chi connectivity index (χ3n) is 2.26. The molecule has 2 aromatic carbocycles. The molecular formula is C11H8S2. The van der Waals surface area contributed by atoms with Gasteiger partial charge >= 0.3 is 0 Å². The van der Waals surface area contributed by atoms with Crippen molar-refractivity contribution in [3.63, 3.8) is 0 Å². The molecule has 13 heavy (non-hydrogen) atoms. The van der Waals surface area contributed by atoms with Gasteiger partial charge in [-0.05, 0) is 16.8 Å². The van der Waals surface area contributed by atoms with Crippen molar-refractivity contribution in [2.75, 3.05) is 5.08 Å². The highest BCUT2D eigenvalue weighted by Gasteiger charge is 2.14. The summed E-state index contributed by atoms with van der Waals surface area (Å²) in [6, 6.07) is 13.1. The first kappa shape index (κ1) is 7.77. The first-order chi connectivity index (χ1) is 6.45. The minimum Gasteiger partial charge on any atom is -0.114 e. The average Bonchev–Trinajstić information content (AvgIpc) is 2.65. The van der Waals surface area contributed by atoms with E-state index in [0.717, 1.165) is 0 Å². The van der Waals surface area contributed by atoms with Crippen LogP contribution in [0.5, 0.6) is 0 Å². The van der Waals surface area contributed by atoms with E-state index < -0.39 is 0 Å². The predicted molar refractivity (Wildman–Crippen MR) is 60.5 cm³/mol. The highest BCUT2D eigenvalue weighted by molar-refractivity contribution is 8.18. The van der Waals surface area contributed by atoms with Crippen LogP contribution in [0.2, 0.25) is 0 Å². The molecule has 0 atom stereocenters. The van der Waals surface area contributed by atoms with Crippen LogP contribution >= 0.6 is 23.5 Å². The van der Waals surface area contributed by atoms with Crippen LogP contribution in [-0.2, 0) is 0 Å². The molecule has 0 radical (unpaired) electrons. The van der Waals surface area contributed by atoms with Gasteiger partial charge in [0.25, 0.3) is 0 Å². The molecule has 0 fully saturated rings. The summed E-state index contributed by atoms with van der Waals surface area (Å²) < 4.78 is 0. The second-order valence-corrected chi connectivity index (χ2v) is 5.39. The molecule has 1 aliphatic rings. The standard InChI is InChI=1S/C11H8S2/c1-2-4-9-8(3-1)5-6-10-11(9)13-7-12-10/h1-6H,7H2. The van der Waals surface area contributed by atoms with Crippen molar-refractivity contribution < 1.29 is 0 Å². The molecular weight excluding hydrogens is 196 g/mol. The van der Waals surface area contributed by atoms with E-state index in [-0.39, 0.29) is 0 Å². The van der Waals surface area contributed by atoms with Gasteiger partial charge in [-0.1, -0.05) is 30.3 Å². The van der Waals surface area contributed by atoms with Crippen LogP contribution in [-0.4, -0.2) is 5.08 Å². The summed E-state index contributed by atoms with van der Waals surface area (Å²) in [6.07, 6.45) is 0. The molecule has 64 valence electrons. The SMILES string of the molecule is c1ccc2c3c(ccc2c1)SCS3. The molecule has 0 amide bonds. The Morgan fingerprint density at radius 3 is 2.85 bits per heavy atom. The Balaban J connectivity index is 2.43. The monoisotopic (exact) mass is 204 g/mol. The minimum absolute atomic E-state index is 1.17. The molecule has 0 aliphatic carbocycles. The van der Waals surface area contributed by atoms with Crippen molar-refractivity contribution in [2.45, 2.75) is 9.79 Å². The normalized spacial score (nSPS) is 14.8. The highest BCUT2D eigenvalue weighted by atomic mass is 32.2. The van der Waals surface area contributed by atoms with E-state index in [0.29, 0.717) is 0 Å². The van der Waals surface area contributed by atoms with Gasteiger partial charge < -0.3 is 0 Å². The maximum atomic E-state index is 2.24. The number of fused-ring (bicyclic) bond motifs is 3. The second-order valence-electron chi connectivity index (χ2n) is 3.02. The van der Waals surface area contributed by atoms with Crippen LogP contribution in [0.15, 0.2) is 46.2 Å². The van der Waals surface area contributed by atoms with E-state index in [9.17, 15) is 0 Å². The van der Waals surface area contributed by atoms with Gasteiger partial charge in [0.1, 0.15) is 0 Å². The number of thioether (sulfide) groups is 2. The van der Waals surface area contributed by atoms with E-state index in [1.807, 2.05) is 23.5 Å². The molecule has 0 spiro atoms. The number of rotatable bonds is 0. The fraction of sp³-hybridized carbons (Fsp3) is 0.0909. The van der Waals surface area contributed by atoms with Gasteiger partial charge in [0, 0.05) is 14.9 Å². The molecule has 0 N–H and O–H groups in total. The maximum absolute atomic E-state index is 2.24. The molecule has 0 bridgehead atoms. The minimum atomic E-state index is 1.17. The molecule has 0 nitrogen and oxygen atoms in total. The lowest BCUT2D eigenvalue weighted by Crippen LogP contribution is -1.76. The van der Waals surface area contributed by atoms with Gasteiger partial charge in [0.15, 0.2) is 0 Å². The van der Waals surface area contributed by atoms with Crippen LogP contribution in [0, 0.1) is 0 Å². The third kappa shape index (κ3) is 1.17. The Labute approximate surface area is 85.7 Å². The zero-order valence-corrected chi connectivity index (χ0v) is 8.62. The average molecular weight is 204 g/mol. The quantitative estimate of drug-likeness (QED) is 0.636. The molecule has 0 saturated heterocycles. The molecule has 0 unspecified atom stereocenters. The Bertz CT molecular complexity index is 463.